The predicted octanol–water partition coefficient (Wildman–Crippen LogP) is 4.67. The van der Waals surface area contributed by atoms with Crippen molar-refractivity contribution in [2.75, 3.05) is 11.8 Å². The number of carbonyl (C=O) groups excluding carboxylic acids is 1. The molecule has 0 aliphatic carbocycles. The number of alkyl halides is 3. The Bertz CT molecular complexity index is 640. The monoisotopic (exact) mass is 333 g/mol. The molecule has 112 valence electrons. The van der Waals surface area contributed by atoms with Gasteiger partial charge in [0.05, 0.1) is 23.9 Å². The molecule has 21 heavy (non-hydrogen) atoms. The first-order valence-electron chi connectivity index (χ1n) is 5.66. The van der Waals surface area contributed by atoms with Crippen LogP contribution in [0.4, 0.5) is 18.9 Å². The second-order valence-electron chi connectivity index (χ2n) is 3.92. The molecule has 0 spiro atoms. The molecule has 0 amide bonds. The molecule has 3 nitrogen and oxygen atoms in total. The highest BCUT2D eigenvalue weighted by atomic mass is 32.2. The summed E-state index contributed by atoms with van der Waals surface area (Å²) in [6.07, 6.45) is -4.38. The van der Waals surface area contributed by atoms with Gasteiger partial charge in [-0.05, 0) is 30.1 Å². The molecule has 8 heteroatoms. The number of hydrogen-bond donors (Lipinski definition) is 1. The Labute approximate surface area is 127 Å². The Hall–Kier alpha value is -1.67. The molecule has 0 saturated carbocycles. The summed E-state index contributed by atoms with van der Waals surface area (Å²) in [7, 11) is 1.27. The largest absolute Gasteiger partial charge is 0.465 e. The van der Waals surface area contributed by atoms with E-state index in [9.17, 15) is 18.0 Å². The van der Waals surface area contributed by atoms with E-state index in [0.29, 0.717) is 16.1 Å². The maximum absolute atomic E-state index is 12.6. The molecule has 0 aliphatic heterocycles. The molecule has 0 atom stereocenters. The Morgan fingerprint density at radius 2 is 2.10 bits per heavy atom. The van der Waals surface area contributed by atoms with Crippen molar-refractivity contribution in [2.24, 2.45) is 0 Å². The second kappa shape index (κ2) is 6.40. The summed E-state index contributed by atoms with van der Waals surface area (Å²) < 4.78 is 45.3. The van der Waals surface area contributed by atoms with Crippen LogP contribution in [0.1, 0.15) is 15.9 Å². The summed E-state index contributed by atoms with van der Waals surface area (Å²) in [6, 6.07) is 4.94. The summed E-state index contributed by atoms with van der Waals surface area (Å²) in [5, 5.41) is 3.30. The maximum Gasteiger partial charge on any atom is 0.416 e. The number of rotatable bonds is 4. The molecular weight excluding hydrogens is 323 g/mol. The van der Waals surface area contributed by atoms with Crippen molar-refractivity contribution in [1.29, 1.82) is 0 Å². The van der Waals surface area contributed by atoms with Gasteiger partial charge in [0.2, 0.25) is 0 Å². The first-order chi connectivity index (χ1) is 9.91. The molecule has 2 aromatic rings. The highest BCUT2D eigenvalue weighted by Crippen LogP contribution is 2.33. The number of anilines is 1. The molecule has 0 bridgehead atoms. The minimum atomic E-state index is -4.38. The zero-order chi connectivity index (χ0) is 15.5. The average molecular weight is 333 g/mol. The standard InChI is InChI=1S/C13H10F3NO2S2/c1-19-12(18)10-6-20-7-11(10)17-21-9-4-2-3-8(5-9)13(14,15)16/h2-7,17H,1H3. The van der Waals surface area contributed by atoms with Crippen LogP contribution in [0.3, 0.4) is 0 Å². The number of hydrogen-bond acceptors (Lipinski definition) is 5. The van der Waals surface area contributed by atoms with Gasteiger partial charge in [-0.3, -0.25) is 0 Å². The van der Waals surface area contributed by atoms with Gasteiger partial charge in [-0.2, -0.15) is 13.2 Å². The van der Waals surface area contributed by atoms with Crippen LogP contribution in [-0.4, -0.2) is 13.1 Å². The van der Waals surface area contributed by atoms with E-state index in [-0.39, 0.29) is 0 Å². The predicted molar refractivity (Wildman–Crippen MR) is 76.6 cm³/mol. The van der Waals surface area contributed by atoms with Crippen molar-refractivity contribution >= 4 is 34.9 Å². The third kappa shape index (κ3) is 3.92. The van der Waals surface area contributed by atoms with Crippen molar-refractivity contribution < 1.29 is 22.7 Å². The number of esters is 1. The molecule has 2 rings (SSSR count). The molecular formula is C13H10F3NO2S2. The number of halogens is 3. The van der Waals surface area contributed by atoms with Crippen LogP contribution in [0.15, 0.2) is 39.9 Å². The average Bonchev–Trinajstić information content (AvgIpc) is 2.92. The molecule has 1 N–H and O–H groups in total. The molecule has 0 unspecified atom stereocenters. The van der Waals surface area contributed by atoms with E-state index >= 15 is 0 Å². The number of methoxy groups -OCH3 is 1. The van der Waals surface area contributed by atoms with E-state index in [0.717, 1.165) is 24.1 Å². The lowest BCUT2D eigenvalue weighted by molar-refractivity contribution is -0.137. The second-order valence-corrected chi connectivity index (χ2v) is 5.54. The van der Waals surface area contributed by atoms with E-state index in [2.05, 4.69) is 9.46 Å². The maximum atomic E-state index is 12.6. The molecule has 0 radical (unpaired) electrons. The SMILES string of the molecule is COC(=O)c1cscc1NSc1cccc(C(F)(F)F)c1. The van der Waals surface area contributed by atoms with Crippen molar-refractivity contribution in [1.82, 2.24) is 0 Å². The Kier molecular flexibility index (Phi) is 4.79. The molecule has 0 saturated heterocycles. The highest BCUT2D eigenvalue weighted by Gasteiger charge is 2.30. The van der Waals surface area contributed by atoms with Gasteiger partial charge in [0, 0.05) is 15.7 Å². The Balaban J connectivity index is 2.11. The first-order valence-corrected chi connectivity index (χ1v) is 7.42. The van der Waals surface area contributed by atoms with Gasteiger partial charge in [-0.25, -0.2) is 4.79 Å². The van der Waals surface area contributed by atoms with E-state index in [1.807, 2.05) is 0 Å². The van der Waals surface area contributed by atoms with Gasteiger partial charge >= 0.3 is 12.1 Å². The quantitative estimate of drug-likeness (QED) is 0.652. The van der Waals surface area contributed by atoms with Gasteiger partial charge in [0.1, 0.15) is 0 Å². The molecule has 0 aliphatic rings. The van der Waals surface area contributed by atoms with Crippen LogP contribution < -0.4 is 4.72 Å². The zero-order valence-corrected chi connectivity index (χ0v) is 12.4. The van der Waals surface area contributed by atoms with Crippen LogP contribution in [0.25, 0.3) is 0 Å². The minimum Gasteiger partial charge on any atom is -0.465 e. The van der Waals surface area contributed by atoms with Crippen LogP contribution in [0.5, 0.6) is 0 Å². The van der Waals surface area contributed by atoms with Crippen LogP contribution in [-0.2, 0) is 10.9 Å². The fourth-order valence-electron chi connectivity index (χ4n) is 1.49. The molecule has 1 heterocycles. The van der Waals surface area contributed by atoms with E-state index < -0.39 is 17.7 Å². The normalized spacial score (nSPS) is 11.2. The Morgan fingerprint density at radius 1 is 1.33 bits per heavy atom. The summed E-state index contributed by atoms with van der Waals surface area (Å²) >= 11 is 2.30. The van der Waals surface area contributed by atoms with E-state index in [1.165, 1.54) is 24.5 Å². The fourth-order valence-corrected chi connectivity index (χ4v) is 3.05. The third-order valence-corrected chi connectivity index (χ3v) is 4.06. The molecule has 1 aromatic heterocycles. The highest BCUT2D eigenvalue weighted by molar-refractivity contribution is 8.00. The third-order valence-electron chi connectivity index (χ3n) is 2.51. The van der Waals surface area contributed by atoms with Crippen molar-refractivity contribution in [2.45, 2.75) is 11.1 Å². The number of benzene rings is 1. The van der Waals surface area contributed by atoms with E-state index in [4.69, 9.17) is 0 Å². The lowest BCUT2D eigenvalue weighted by atomic mass is 10.2. The number of thiophene rings is 1. The van der Waals surface area contributed by atoms with Crippen LogP contribution in [0.2, 0.25) is 0 Å². The summed E-state index contributed by atoms with van der Waals surface area (Å²) in [5.74, 6) is -0.497. The number of carbonyl (C=O) groups is 1. The topological polar surface area (TPSA) is 38.3 Å². The molecule has 0 fully saturated rings. The smallest absolute Gasteiger partial charge is 0.416 e. The van der Waals surface area contributed by atoms with Crippen LogP contribution in [0, 0.1) is 0 Å². The van der Waals surface area contributed by atoms with Gasteiger partial charge in [-0.15, -0.1) is 11.3 Å². The minimum absolute atomic E-state index is 0.349. The molecule has 1 aromatic carbocycles. The van der Waals surface area contributed by atoms with Gasteiger partial charge < -0.3 is 9.46 Å². The van der Waals surface area contributed by atoms with E-state index in [1.54, 1.807) is 16.8 Å². The zero-order valence-electron chi connectivity index (χ0n) is 10.7. The lowest BCUT2D eigenvalue weighted by Gasteiger charge is -2.09. The van der Waals surface area contributed by atoms with Gasteiger partial charge in [-0.1, -0.05) is 6.07 Å². The van der Waals surface area contributed by atoms with Crippen molar-refractivity contribution in [3.63, 3.8) is 0 Å². The van der Waals surface area contributed by atoms with Crippen molar-refractivity contribution in [3.8, 4) is 0 Å². The lowest BCUT2D eigenvalue weighted by Crippen LogP contribution is -2.05. The Morgan fingerprint density at radius 3 is 2.76 bits per heavy atom. The van der Waals surface area contributed by atoms with Crippen molar-refractivity contribution in [3.05, 3.63) is 46.2 Å². The van der Waals surface area contributed by atoms with Gasteiger partial charge in [0.25, 0.3) is 0 Å². The summed E-state index contributed by atoms with van der Waals surface area (Å²) in [6.45, 7) is 0. The number of ether oxygens (including phenoxy) is 1. The summed E-state index contributed by atoms with van der Waals surface area (Å²) in [5.41, 5.74) is 0.143. The van der Waals surface area contributed by atoms with Crippen LogP contribution >= 0.6 is 23.3 Å². The summed E-state index contributed by atoms with van der Waals surface area (Å²) in [4.78, 5) is 11.9. The fraction of sp³-hybridized carbons (Fsp3) is 0.154. The first kappa shape index (κ1) is 15.7. The van der Waals surface area contributed by atoms with Gasteiger partial charge in [0.15, 0.2) is 0 Å². The number of nitrogens with one attached hydrogen (secondary N) is 1.